The fourth-order valence-corrected chi connectivity index (χ4v) is 0.543. The maximum absolute atomic E-state index is 11.4. The minimum Gasteiger partial charge on any atom is -0.371 e. The van der Waals surface area contributed by atoms with Crippen LogP contribution in [-0.4, -0.2) is 38.9 Å². The minimum absolute atomic E-state index is 0.0135. The molecule has 0 aromatic heterocycles. The molecule has 80 valence electrons. The lowest BCUT2D eigenvalue weighted by Gasteiger charge is -2.07. The largest absolute Gasteiger partial charge is 0.411 e. The predicted molar refractivity (Wildman–Crippen MR) is 35.7 cm³/mol. The fraction of sp³-hybridized carbons (Fsp3) is 1.00. The van der Waals surface area contributed by atoms with Gasteiger partial charge in [-0.05, 0) is 0 Å². The van der Waals surface area contributed by atoms with E-state index in [2.05, 4.69) is 10.1 Å². The van der Waals surface area contributed by atoms with Gasteiger partial charge in [0.2, 0.25) is 0 Å². The van der Waals surface area contributed by atoms with Gasteiger partial charge in [-0.1, -0.05) is 0 Å². The van der Waals surface area contributed by atoms with Crippen LogP contribution in [0.25, 0.3) is 0 Å². The first-order chi connectivity index (χ1) is 5.92. The van der Waals surface area contributed by atoms with Crippen molar-refractivity contribution >= 4 is 0 Å². The van der Waals surface area contributed by atoms with Crippen molar-refractivity contribution in [1.29, 1.82) is 0 Å². The molecule has 0 aromatic carbocycles. The summed E-state index contributed by atoms with van der Waals surface area (Å²) in [6, 6.07) is 0. The normalized spacial score (nSPS) is 12.5. The Bertz CT molecular complexity index is 127. The molecule has 0 aliphatic heterocycles. The fourth-order valence-electron chi connectivity index (χ4n) is 0.543. The molecule has 0 rings (SSSR count). The van der Waals surface area contributed by atoms with Gasteiger partial charge >= 0.3 is 6.18 Å². The van der Waals surface area contributed by atoms with Crippen molar-refractivity contribution in [2.45, 2.75) is 12.6 Å². The Morgan fingerprint density at radius 3 is 2.31 bits per heavy atom. The lowest BCUT2D eigenvalue weighted by Crippen LogP contribution is -2.27. The van der Waals surface area contributed by atoms with Crippen LogP contribution < -0.4 is 5.32 Å². The van der Waals surface area contributed by atoms with E-state index in [0.29, 0.717) is 0 Å². The van der Waals surface area contributed by atoms with Gasteiger partial charge in [-0.3, -0.25) is 0 Å². The maximum Gasteiger partial charge on any atom is 0.411 e. The highest BCUT2D eigenvalue weighted by Gasteiger charge is 2.27. The number of hydrogen-bond donors (Lipinski definition) is 1. The summed E-state index contributed by atoms with van der Waals surface area (Å²) in [6.07, 6.45) is -6.86. The number of alkyl halides is 5. The summed E-state index contributed by atoms with van der Waals surface area (Å²) in [5, 5.41) is 2.23. The van der Waals surface area contributed by atoms with Gasteiger partial charge in [0.05, 0.1) is 13.2 Å². The average Bonchev–Trinajstić information content (AvgIpc) is 1.93. The molecular formula is C6H10F5NO. The Morgan fingerprint density at radius 1 is 1.23 bits per heavy atom. The molecule has 0 heterocycles. The van der Waals surface area contributed by atoms with Crippen molar-refractivity contribution in [3.05, 3.63) is 0 Å². The van der Waals surface area contributed by atoms with Gasteiger partial charge in [0.25, 0.3) is 6.43 Å². The first-order valence-corrected chi connectivity index (χ1v) is 3.55. The summed E-state index contributed by atoms with van der Waals surface area (Å²) < 4.78 is 61.3. The molecule has 0 saturated carbocycles. The molecule has 7 heteroatoms. The van der Waals surface area contributed by atoms with Gasteiger partial charge in [-0.2, -0.15) is 13.2 Å². The monoisotopic (exact) mass is 207 g/mol. The molecule has 0 aromatic rings. The summed E-state index contributed by atoms with van der Waals surface area (Å²) in [6.45, 7) is -2.12. The number of halogens is 5. The highest BCUT2D eigenvalue weighted by atomic mass is 19.4. The Balaban J connectivity index is 3.09. The third kappa shape index (κ3) is 11.6. The van der Waals surface area contributed by atoms with Gasteiger partial charge in [0.1, 0.15) is 6.61 Å². The highest BCUT2D eigenvalue weighted by Crippen LogP contribution is 2.13. The molecule has 0 aliphatic rings. The molecule has 0 aliphatic carbocycles. The Labute approximate surface area is 72.1 Å². The lowest BCUT2D eigenvalue weighted by atomic mass is 10.6. The summed E-state index contributed by atoms with van der Waals surface area (Å²) in [5.41, 5.74) is 0. The number of ether oxygens (including phenoxy) is 1. The van der Waals surface area contributed by atoms with Crippen LogP contribution in [0.15, 0.2) is 0 Å². The van der Waals surface area contributed by atoms with Crippen molar-refractivity contribution in [3.8, 4) is 0 Å². The topological polar surface area (TPSA) is 21.3 Å². The molecule has 1 N–H and O–H groups in total. The molecule has 0 bridgehead atoms. The van der Waals surface area contributed by atoms with Crippen molar-refractivity contribution in [2.75, 3.05) is 26.3 Å². The zero-order valence-electron chi connectivity index (χ0n) is 6.70. The Hall–Kier alpha value is -0.430. The van der Waals surface area contributed by atoms with Crippen LogP contribution in [0.2, 0.25) is 0 Å². The quantitative estimate of drug-likeness (QED) is 0.525. The molecule has 0 atom stereocenters. The molecule has 0 fully saturated rings. The van der Waals surface area contributed by atoms with Crippen molar-refractivity contribution < 1.29 is 26.7 Å². The lowest BCUT2D eigenvalue weighted by molar-refractivity contribution is -0.173. The molecule has 0 amide bonds. The third-order valence-electron chi connectivity index (χ3n) is 0.988. The van der Waals surface area contributed by atoms with E-state index in [9.17, 15) is 22.0 Å². The summed E-state index contributed by atoms with van der Waals surface area (Å²) >= 11 is 0. The van der Waals surface area contributed by atoms with Gasteiger partial charge in [0.15, 0.2) is 0 Å². The molecular weight excluding hydrogens is 197 g/mol. The predicted octanol–water partition coefficient (Wildman–Crippen LogP) is 1.42. The second-order valence-corrected chi connectivity index (χ2v) is 2.26. The second-order valence-electron chi connectivity index (χ2n) is 2.26. The van der Waals surface area contributed by atoms with Crippen LogP contribution in [0.5, 0.6) is 0 Å². The van der Waals surface area contributed by atoms with Crippen molar-refractivity contribution in [1.82, 2.24) is 5.32 Å². The van der Waals surface area contributed by atoms with Crippen LogP contribution >= 0.6 is 0 Å². The number of rotatable bonds is 6. The van der Waals surface area contributed by atoms with E-state index in [-0.39, 0.29) is 13.2 Å². The van der Waals surface area contributed by atoms with Crippen molar-refractivity contribution in [2.24, 2.45) is 0 Å². The second kappa shape index (κ2) is 6.09. The van der Waals surface area contributed by atoms with Gasteiger partial charge in [0, 0.05) is 6.54 Å². The van der Waals surface area contributed by atoms with Gasteiger partial charge in [-0.15, -0.1) is 0 Å². The Kier molecular flexibility index (Phi) is 5.89. The van der Waals surface area contributed by atoms with Gasteiger partial charge < -0.3 is 10.1 Å². The maximum atomic E-state index is 11.4. The van der Waals surface area contributed by atoms with E-state index >= 15 is 0 Å². The zero-order chi connectivity index (χ0) is 10.3. The van der Waals surface area contributed by atoms with Crippen LogP contribution in [0.4, 0.5) is 22.0 Å². The molecule has 2 nitrogen and oxygen atoms in total. The number of nitrogens with one attached hydrogen (secondary N) is 1. The molecule has 0 radical (unpaired) electrons. The molecule has 0 saturated heterocycles. The molecule has 0 unspecified atom stereocenters. The van der Waals surface area contributed by atoms with E-state index in [1.165, 1.54) is 0 Å². The SMILES string of the molecule is FC(F)CNCCOCC(F)(F)F. The van der Waals surface area contributed by atoms with Crippen LogP contribution in [-0.2, 0) is 4.74 Å². The van der Waals surface area contributed by atoms with E-state index in [4.69, 9.17) is 0 Å². The number of hydrogen-bond acceptors (Lipinski definition) is 2. The highest BCUT2D eigenvalue weighted by molar-refractivity contribution is 4.49. The van der Waals surface area contributed by atoms with E-state index in [1.807, 2.05) is 0 Å². The van der Waals surface area contributed by atoms with Crippen LogP contribution in [0.3, 0.4) is 0 Å². The average molecular weight is 207 g/mol. The molecule has 0 spiro atoms. The summed E-state index contributed by atoms with van der Waals surface area (Å²) in [7, 11) is 0. The summed E-state index contributed by atoms with van der Waals surface area (Å²) in [5.74, 6) is 0. The summed E-state index contributed by atoms with van der Waals surface area (Å²) in [4.78, 5) is 0. The zero-order valence-corrected chi connectivity index (χ0v) is 6.70. The first kappa shape index (κ1) is 12.6. The van der Waals surface area contributed by atoms with Crippen molar-refractivity contribution in [3.63, 3.8) is 0 Å². The van der Waals surface area contributed by atoms with E-state index in [0.717, 1.165) is 0 Å². The van der Waals surface area contributed by atoms with E-state index in [1.54, 1.807) is 0 Å². The molecule has 13 heavy (non-hydrogen) atoms. The third-order valence-corrected chi connectivity index (χ3v) is 0.988. The van der Waals surface area contributed by atoms with Crippen LogP contribution in [0, 0.1) is 0 Å². The van der Waals surface area contributed by atoms with Gasteiger partial charge in [-0.25, -0.2) is 8.78 Å². The smallest absolute Gasteiger partial charge is 0.371 e. The van der Waals surface area contributed by atoms with E-state index < -0.39 is 25.8 Å². The van der Waals surface area contributed by atoms with Crippen LogP contribution in [0.1, 0.15) is 0 Å². The first-order valence-electron chi connectivity index (χ1n) is 3.55. The standard InChI is InChI=1S/C6H10F5NO/c7-5(8)3-12-1-2-13-4-6(9,10)11/h5,12H,1-4H2. The Morgan fingerprint density at radius 2 is 1.85 bits per heavy atom. The minimum atomic E-state index is -4.36.